The van der Waals surface area contributed by atoms with Gasteiger partial charge in [-0.1, -0.05) is 0 Å². The maximum Gasteiger partial charge on any atom is 0.274 e. The molecule has 5 rings (SSSR count). The zero-order chi connectivity index (χ0) is 20.5. The lowest BCUT2D eigenvalue weighted by atomic mass is 10.1. The summed E-state index contributed by atoms with van der Waals surface area (Å²) in [6.07, 6.45) is 0.852. The third kappa shape index (κ3) is 3.80. The zero-order valence-electron chi connectivity index (χ0n) is 16.3. The Labute approximate surface area is 183 Å². The predicted molar refractivity (Wildman–Crippen MR) is 118 cm³/mol. The number of carbonyl (C=O) groups excluding carboxylic acids is 1. The fourth-order valence-electron chi connectivity index (χ4n) is 3.95. The standard InChI is InChI=1S/C20H21ClN6O2S/c21-20-23-16-10-14(25-6-8-29-9-7-25)2-3-15(16)18(24-20)26-4-1-5-27(13-26)19(28)17-11-30-12-22-17/h2-3,10-12H,1,4-9,13H2. The van der Waals surface area contributed by atoms with Gasteiger partial charge in [-0.05, 0) is 36.2 Å². The summed E-state index contributed by atoms with van der Waals surface area (Å²) >= 11 is 7.71. The van der Waals surface area contributed by atoms with E-state index < -0.39 is 0 Å². The molecule has 10 heteroatoms. The maximum absolute atomic E-state index is 12.8. The fraction of sp³-hybridized carbons (Fsp3) is 0.400. The molecule has 2 aliphatic rings. The first-order valence-electron chi connectivity index (χ1n) is 9.91. The predicted octanol–water partition coefficient (Wildman–Crippen LogP) is 2.89. The molecular weight excluding hydrogens is 424 g/mol. The van der Waals surface area contributed by atoms with Crippen molar-refractivity contribution in [2.24, 2.45) is 0 Å². The van der Waals surface area contributed by atoms with Crippen LogP contribution in [-0.4, -0.2) is 71.8 Å². The van der Waals surface area contributed by atoms with Crippen LogP contribution in [0.4, 0.5) is 11.5 Å². The lowest BCUT2D eigenvalue weighted by Crippen LogP contribution is -2.48. The van der Waals surface area contributed by atoms with E-state index in [0.717, 1.165) is 61.7 Å². The topological polar surface area (TPSA) is 74.7 Å². The van der Waals surface area contributed by atoms with Crippen LogP contribution in [0.3, 0.4) is 0 Å². The van der Waals surface area contributed by atoms with E-state index >= 15 is 0 Å². The Balaban J connectivity index is 1.45. The van der Waals surface area contributed by atoms with Crippen molar-refractivity contribution >= 4 is 51.3 Å². The number of morpholine rings is 1. The highest BCUT2D eigenvalue weighted by molar-refractivity contribution is 7.07. The van der Waals surface area contributed by atoms with Crippen LogP contribution in [-0.2, 0) is 4.74 Å². The van der Waals surface area contributed by atoms with Gasteiger partial charge in [-0.15, -0.1) is 11.3 Å². The fourth-order valence-corrected chi connectivity index (χ4v) is 4.65. The van der Waals surface area contributed by atoms with Crippen molar-refractivity contribution in [2.45, 2.75) is 6.42 Å². The number of halogens is 1. The van der Waals surface area contributed by atoms with Gasteiger partial charge >= 0.3 is 0 Å². The van der Waals surface area contributed by atoms with Crippen LogP contribution in [0.15, 0.2) is 29.1 Å². The van der Waals surface area contributed by atoms with Crippen molar-refractivity contribution in [1.29, 1.82) is 0 Å². The number of ether oxygens (including phenoxy) is 1. The van der Waals surface area contributed by atoms with E-state index in [-0.39, 0.29) is 11.2 Å². The first-order chi connectivity index (χ1) is 14.7. The highest BCUT2D eigenvalue weighted by Gasteiger charge is 2.26. The van der Waals surface area contributed by atoms with E-state index in [2.05, 4.69) is 36.9 Å². The van der Waals surface area contributed by atoms with Crippen LogP contribution in [0, 0.1) is 0 Å². The molecule has 0 spiro atoms. The Kier molecular flexibility index (Phi) is 5.41. The van der Waals surface area contributed by atoms with Gasteiger partial charge in [0.1, 0.15) is 11.5 Å². The summed E-state index contributed by atoms with van der Waals surface area (Å²) in [6, 6.07) is 6.20. The molecule has 0 N–H and O–H groups in total. The summed E-state index contributed by atoms with van der Waals surface area (Å²) in [7, 11) is 0. The summed E-state index contributed by atoms with van der Waals surface area (Å²) in [5, 5.41) is 2.92. The third-order valence-electron chi connectivity index (χ3n) is 5.44. The molecule has 1 amide bonds. The van der Waals surface area contributed by atoms with Gasteiger partial charge in [0.25, 0.3) is 5.91 Å². The molecule has 30 heavy (non-hydrogen) atoms. The number of thiazole rings is 1. The number of anilines is 2. The van der Waals surface area contributed by atoms with Crippen LogP contribution in [0.25, 0.3) is 10.9 Å². The number of aromatic nitrogens is 3. The van der Waals surface area contributed by atoms with Crippen LogP contribution >= 0.6 is 22.9 Å². The minimum absolute atomic E-state index is 0.0555. The van der Waals surface area contributed by atoms with Crippen molar-refractivity contribution in [3.8, 4) is 0 Å². The first kappa shape index (κ1) is 19.5. The third-order valence-corrected chi connectivity index (χ3v) is 6.20. The second kappa shape index (κ2) is 8.33. The van der Waals surface area contributed by atoms with Gasteiger partial charge in [0.05, 0.1) is 30.9 Å². The zero-order valence-corrected chi connectivity index (χ0v) is 17.9. The van der Waals surface area contributed by atoms with Gasteiger partial charge in [0, 0.05) is 42.6 Å². The molecule has 0 aliphatic carbocycles. The largest absolute Gasteiger partial charge is 0.378 e. The lowest BCUT2D eigenvalue weighted by molar-refractivity contribution is 0.0728. The molecule has 2 saturated heterocycles. The molecule has 0 unspecified atom stereocenters. The van der Waals surface area contributed by atoms with Gasteiger partial charge in [-0.25, -0.2) is 9.97 Å². The average Bonchev–Trinajstić information content (AvgIpc) is 3.33. The summed E-state index contributed by atoms with van der Waals surface area (Å²) < 4.78 is 5.45. The second-order valence-electron chi connectivity index (χ2n) is 7.32. The molecule has 2 aromatic heterocycles. The number of amides is 1. The van der Waals surface area contributed by atoms with Gasteiger partial charge in [0.2, 0.25) is 5.28 Å². The van der Waals surface area contributed by atoms with E-state index in [1.165, 1.54) is 11.3 Å². The smallest absolute Gasteiger partial charge is 0.274 e. The number of benzene rings is 1. The molecule has 4 heterocycles. The van der Waals surface area contributed by atoms with E-state index in [1.807, 2.05) is 11.0 Å². The second-order valence-corrected chi connectivity index (χ2v) is 8.37. The Bertz CT molecular complexity index is 1060. The van der Waals surface area contributed by atoms with Gasteiger partial charge < -0.3 is 19.4 Å². The SMILES string of the molecule is O=C(c1cscn1)N1CCCN(c2nc(Cl)nc3cc(N4CCOCC4)ccc23)C1. The highest BCUT2D eigenvalue weighted by atomic mass is 35.5. The maximum atomic E-state index is 12.8. The van der Waals surface area contributed by atoms with E-state index in [9.17, 15) is 4.79 Å². The molecule has 1 aromatic carbocycles. The van der Waals surface area contributed by atoms with Crippen molar-refractivity contribution in [3.05, 3.63) is 40.1 Å². The highest BCUT2D eigenvalue weighted by Crippen LogP contribution is 2.30. The number of nitrogens with zero attached hydrogens (tertiary/aromatic N) is 6. The lowest BCUT2D eigenvalue weighted by Gasteiger charge is -2.36. The number of hydrogen-bond acceptors (Lipinski definition) is 8. The van der Waals surface area contributed by atoms with E-state index in [1.54, 1.807) is 10.9 Å². The molecule has 0 radical (unpaired) electrons. The Morgan fingerprint density at radius 1 is 1.10 bits per heavy atom. The Morgan fingerprint density at radius 3 is 2.77 bits per heavy atom. The number of fused-ring (bicyclic) bond motifs is 1. The Hall–Kier alpha value is -2.49. The number of rotatable bonds is 3. The van der Waals surface area contributed by atoms with E-state index in [0.29, 0.717) is 18.9 Å². The van der Waals surface area contributed by atoms with Crippen molar-refractivity contribution < 1.29 is 9.53 Å². The van der Waals surface area contributed by atoms with Crippen molar-refractivity contribution in [1.82, 2.24) is 19.9 Å². The molecule has 156 valence electrons. The molecular formula is C20H21ClN6O2S. The minimum atomic E-state index is -0.0555. The molecule has 0 atom stereocenters. The quantitative estimate of drug-likeness (QED) is 0.575. The molecule has 2 fully saturated rings. The molecule has 2 aliphatic heterocycles. The molecule has 3 aromatic rings. The van der Waals surface area contributed by atoms with Crippen LogP contribution in [0.1, 0.15) is 16.9 Å². The monoisotopic (exact) mass is 444 g/mol. The number of hydrogen-bond donors (Lipinski definition) is 0. The van der Waals surface area contributed by atoms with Crippen LogP contribution < -0.4 is 9.80 Å². The van der Waals surface area contributed by atoms with Gasteiger partial charge in [0.15, 0.2) is 0 Å². The van der Waals surface area contributed by atoms with Crippen LogP contribution in [0.5, 0.6) is 0 Å². The van der Waals surface area contributed by atoms with Gasteiger partial charge in [-0.3, -0.25) is 4.79 Å². The average molecular weight is 445 g/mol. The van der Waals surface area contributed by atoms with Gasteiger partial charge in [-0.2, -0.15) is 4.98 Å². The van der Waals surface area contributed by atoms with Crippen molar-refractivity contribution in [3.63, 3.8) is 0 Å². The normalized spacial score (nSPS) is 17.6. The molecule has 0 bridgehead atoms. The Morgan fingerprint density at radius 2 is 1.97 bits per heavy atom. The molecule has 0 saturated carbocycles. The number of carbonyl (C=O) groups is 1. The summed E-state index contributed by atoms with van der Waals surface area (Å²) in [4.78, 5) is 32.1. The summed E-state index contributed by atoms with van der Waals surface area (Å²) in [5.74, 6) is 0.703. The van der Waals surface area contributed by atoms with E-state index in [4.69, 9.17) is 16.3 Å². The summed E-state index contributed by atoms with van der Waals surface area (Å²) in [6.45, 7) is 5.12. The summed E-state index contributed by atoms with van der Waals surface area (Å²) in [5.41, 5.74) is 4.07. The minimum Gasteiger partial charge on any atom is -0.378 e. The van der Waals surface area contributed by atoms with Crippen LogP contribution in [0.2, 0.25) is 5.28 Å². The molecule has 8 nitrogen and oxygen atoms in total. The van der Waals surface area contributed by atoms with Crippen molar-refractivity contribution in [2.75, 3.05) is 55.9 Å². The first-order valence-corrected chi connectivity index (χ1v) is 11.2.